The number of nitrogen functional groups attached to an aromatic ring is 2. The van der Waals surface area contributed by atoms with Crippen LogP contribution in [0.5, 0.6) is 5.75 Å². The minimum atomic E-state index is -0.588. The Morgan fingerprint density at radius 3 is 2.71 bits per heavy atom. The van der Waals surface area contributed by atoms with Crippen molar-refractivity contribution < 1.29 is 9.66 Å². The maximum atomic E-state index is 11.1. The highest BCUT2D eigenvalue weighted by Gasteiger charge is 2.21. The number of benzene rings is 1. The van der Waals surface area contributed by atoms with E-state index in [1.807, 2.05) is 24.3 Å². The lowest BCUT2D eigenvalue weighted by Crippen LogP contribution is -2.09. The summed E-state index contributed by atoms with van der Waals surface area (Å²) in [6.07, 6.45) is 0.883. The van der Waals surface area contributed by atoms with Crippen molar-refractivity contribution in [3.8, 4) is 5.75 Å². The fourth-order valence-corrected chi connectivity index (χ4v) is 2.00. The second kappa shape index (κ2) is 6.04. The number of nitrogens with two attached hydrogens (primary N) is 2. The zero-order valence-electron chi connectivity index (χ0n) is 11.4. The third-order valence-electron chi connectivity index (χ3n) is 2.97. The number of hydrogen-bond acceptors (Lipinski definition) is 7. The van der Waals surface area contributed by atoms with Crippen LogP contribution in [0, 0.1) is 10.1 Å². The molecule has 0 saturated carbocycles. The Morgan fingerprint density at radius 1 is 1.29 bits per heavy atom. The van der Waals surface area contributed by atoms with Gasteiger partial charge in [-0.05, 0) is 24.1 Å². The van der Waals surface area contributed by atoms with Gasteiger partial charge in [0.15, 0.2) is 0 Å². The molecule has 8 heteroatoms. The van der Waals surface area contributed by atoms with E-state index in [2.05, 4.69) is 9.97 Å². The second-order valence-corrected chi connectivity index (χ2v) is 4.37. The summed E-state index contributed by atoms with van der Waals surface area (Å²) in [7, 11) is 1.58. The number of hydrogen-bond donors (Lipinski definition) is 2. The minimum absolute atomic E-state index is 0.0706. The smallest absolute Gasteiger partial charge is 0.332 e. The van der Waals surface area contributed by atoms with Gasteiger partial charge in [0.1, 0.15) is 11.4 Å². The molecule has 8 nitrogen and oxygen atoms in total. The maximum absolute atomic E-state index is 11.1. The van der Waals surface area contributed by atoms with Gasteiger partial charge in [0.2, 0.25) is 11.8 Å². The number of nitro groups is 1. The fourth-order valence-electron chi connectivity index (χ4n) is 2.00. The molecule has 1 heterocycles. The number of ether oxygens (including phenoxy) is 1. The molecule has 1 aromatic carbocycles. The number of anilines is 2. The summed E-state index contributed by atoms with van der Waals surface area (Å²) in [4.78, 5) is 18.0. The van der Waals surface area contributed by atoms with E-state index in [9.17, 15) is 10.1 Å². The van der Waals surface area contributed by atoms with Crippen molar-refractivity contribution in [3.05, 3.63) is 45.6 Å². The molecule has 0 amide bonds. The molecule has 0 aliphatic carbocycles. The third-order valence-corrected chi connectivity index (χ3v) is 2.97. The summed E-state index contributed by atoms with van der Waals surface area (Å²) < 4.78 is 5.13. The molecule has 0 radical (unpaired) electrons. The van der Waals surface area contributed by atoms with Gasteiger partial charge in [-0.15, -0.1) is 0 Å². The molecule has 0 unspecified atom stereocenters. The van der Waals surface area contributed by atoms with Gasteiger partial charge in [-0.25, -0.2) is 4.98 Å². The van der Waals surface area contributed by atoms with Crippen LogP contribution >= 0.6 is 0 Å². The molecule has 2 aromatic rings. The van der Waals surface area contributed by atoms with Crippen molar-refractivity contribution in [2.75, 3.05) is 18.6 Å². The zero-order chi connectivity index (χ0) is 15.4. The molecule has 0 saturated heterocycles. The van der Waals surface area contributed by atoms with E-state index >= 15 is 0 Å². The number of rotatable bonds is 5. The van der Waals surface area contributed by atoms with Crippen LogP contribution in [0.15, 0.2) is 24.3 Å². The first-order chi connectivity index (χ1) is 10.0. The molecular weight excluding hydrogens is 274 g/mol. The molecule has 0 fully saturated rings. The number of nitrogens with zero attached hydrogens (tertiary/aromatic N) is 3. The predicted octanol–water partition coefficient (Wildman–Crippen LogP) is 1.34. The first kappa shape index (κ1) is 14.5. The van der Waals surface area contributed by atoms with Gasteiger partial charge in [0.05, 0.1) is 12.0 Å². The Morgan fingerprint density at radius 2 is 2.05 bits per heavy atom. The Kier molecular flexibility index (Phi) is 4.17. The molecule has 0 aliphatic heterocycles. The van der Waals surface area contributed by atoms with E-state index in [1.165, 1.54) is 0 Å². The van der Waals surface area contributed by atoms with Gasteiger partial charge < -0.3 is 16.2 Å². The first-order valence-corrected chi connectivity index (χ1v) is 6.20. The van der Waals surface area contributed by atoms with Crippen molar-refractivity contribution in [1.29, 1.82) is 0 Å². The van der Waals surface area contributed by atoms with Gasteiger partial charge in [-0.2, -0.15) is 4.98 Å². The number of aryl methyl sites for hydroxylation is 2. The van der Waals surface area contributed by atoms with Crippen molar-refractivity contribution in [2.45, 2.75) is 12.8 Å². The van der Waals surface area contributed by atoms with E-state index in [4.69, 9.17) is 16.2 Å². The lowest BCUT2D eigenvalue weighted by atomic mass is 10.1. The van der Waals surface area contributed by atoms with Crippen molar-refractivity contribution in [3.63, 3.8) is 0 Å². The van der Waals surface area contributed by atoms with Crippen molar-refractivity contribution in [1.82, 2.24) is 9.97 Å². The Balaban J connectivity index is 2.25. The van der Waals surface area contributed by atoms with E-state index < -0.39 is 4.92 Å². The van der Waals surface area contributed by atoms with E-state index in [1.54, 1.807) is 7.11 Å². The van der Waals surface area contributed by atoms with Crippen LogP contribution in [-0.2, 0) is 12.8 Å². The molecule has 0 bridgehead atoms. The monoisotopic (exact) mass is 289 g/mol. The summed E-state index contributed by atoms with van der Waals surface area (Å²) in [5, 5.41) is 11.1. The molecule has 4 N–H and O–H groups in total. The molecule has 1 aromatic heterocycles. The van der Waals surface area contributed by atoms with Crippen LogP contribution in [-0.4, -0.2) is 22.0 Å². The Labute approximate surface area is 120 Å². The fraction of sp³-hybridized carbons (Fsp3) is 0.231. The Bertz CT molecular complexity index is 675. The van der Waals surface area contributed by atoms with Gasteiger partial charge in [-0.3, -0.25) is 10.1 Å². The van der Waals surface area contributed by atoms with Gasteiger partial charge in [-0.1, -0.05) is 12.1 Å². The standard InChI is InChI=1S/C13H15N5O3/c1-21-9-4-2-3-8(7-9)5-6-10-11(18(19)20)12(14)17-13(15)16-10/h2-4,7H,5-6H2,1H3,(H4,14,15,16,17). The maximum Gasteiger partial charge on any atom is 0.332 e. The van der Waals surface area contributed by atoms with Gasteiger partial charge in [0.25, 0.3) is 0 Å². The second-order valence-electron chi connectivity index (χ2n) is 4.37. The molecule has 0 aliphatic rings. The lowest BCUT2D eigenvalue weighted by Gasteiger charge is -2.06. The summed E-state index contributed by atoms with van der Waals surface area (Å²) in [5.41, 5.74) is 12.0. The van der Waals surface area contributed by atoms with Crippen molar-refractivity contribution in [2.24, 2.45) is 0 Å². The highest BCUT2D eigenvalue weighted by Crippen LogP contribution is 2.25. The minimum Gasteiger partial charge on any atom is -0.497 e. The average Bonchev–Trinajstić information content (AvgIpc) is 2.44. The largest absolute Gasteiger partial charge is 0.497 e. The quantitative estimate of drug-likeness (QED) is 0.627. The molecule has 0 spiro atoms. The van der Waals surface area contributed by atoms with Gasteiger partial charge in [0, 0.05) is 6.42 Å². The molecule has 0 atom stereocenters. The van der Waals surface area contributed by atoms with Crippen LogP contribution in [0.4, 0.5) is 17.5 Å². The van der Waals surface area contributed by atoms with Crippen LogP contribution in [0.2, 0.25) is 0 Å². The molecule has 110 valence electrons. The zero-order valence-corrected chi connectivity index (χ0v) is 11.4. The number of methoxy groups -OCH3 is 1. The summed E-state index contributed by atoms with van der Waals surface area (Å²) in [6, 6.07) is 7.44. The molecule has 2 rings (SSSR count). The Hall–Kier alpha value is -2.90. The summed E-state index contributed by atoms with van der Waals surface area (Å²) in [6.45, 7) is 0. The predicted molar refractivity (Wildman–Crippen MR) is 77.9 cm³/mol. The van der Waals surface area contributed by atoms with Crippen LogP contribution in [0.25, 0.3) is 0 Å². The van der Waals surface area contributed by atoms with Crippen molar-refractivity contribution >= 4 is 17.5 Å². The van der Waals surface area contributed by atoms with Crippen LogP contribution in [0.3, 0.4) is 0 Å². The van der Waals surface area contributed by atoms with Crippen LogP contribution in [0.1, 0.15) is 11.3 Å². The highest BCUT2D eigenvalue weighted by molar-refractivity contribution is 5.57. The van der Waals surface area contributed by atoms with E-state index in [0.29, 0.717) is 12.8 Å². The van der Waals surface area contributed by atoms with Crippen LogP contribution < -0.4 is 16.2 Å². The molecular formula is C13H15N5O3. The summed E-state index contributed by atoms with van der Waals surface area (Å²) >= 11 is 0. The van der Waals surface area contributed by atoms with E-state index in [0.717, 1.165) is 11.3 Å². The van der Waals surface area contributed by atoms with Gasteiger partial charge >= 0.3 is 5.69 Å². The SMILES string of the molecule is COc1cccc(CCc2nc(N)nc(N)c2[N+](=O)[O-])c1. The topological polar surface area (TPSA) is 130 Å². The highest BCUT2D eigenvalue weighted by atomic mass is 16.6. The van der Waals surface area contributed by atoms with E-state index in [-0.39, 0.29) is 23.1 Å². The first-order valence-electron chi connectivity index (χ1n) is 6.20. The average molecular weight is 289 g/mol. The third kappa shape index (κ3) is 3.35. The lowest BCUT2D eigenvalue weighted by molar-refractivity contribution is -0.385. The normalized spacial score (nSPS) is 10.3. The summed E-state index contributed by atoms with van der Waals surface area (Å²) in [5.74, 6) is 0.440. The number of aromatic nitrogens is 2. The molecule has 21 heavy (non-hydrogen) atoms.